The zero-order chi connectivity index (χ0) is 23.9. The van der Waals surface area contributed by atoms with Gasteiger partial charge in [-0.2, -0.15) is 0 Å². The number of fused-ring (bicyclic) bond motifs is 5. The van der Waals surface area contributed by atoms with Gasteiger partial charge in [0, 0.05) is 24.2 Å². The van der Waals surface area contributed by atoms with Crippen molar-refractivity contribution in [3.63, 3.8) is 0 Å². The number of hydrogen-bond acceptors (Lipinski definition) is 5. The minimum atomic E-state index is -0.686. The molecule has 0 aromatic heterocycles. The Morgan fingerprint density at radius 2 is 1.11 bits per heavy atom. The van der Waals surface area contributed by atoms with Crippen molar-refractivity contribution in [2.24, 2.45) is 23.7 Å². The van der Waals surface area contributed by atoms with Crippen LogP contribution >= 0.6 is 0 Å². The highest BCUT2D eigenvalue weighted by molar-refractivity contribution is 5.91. The maximum absolute atomic E-state index is 13.1. The largest absolute Gasteiger partial charge is 0.454 e. The average Bonchev–Trinajstić information content (AvgIpc) is 3.54. The fourth-order valence-electron chi connectivity index (χ4n) is 6.81. The summed E-state index contributed by atoms with van der Waals surface area (Å²) in [6, 6.07) is 27.8. The highest BCUT2D eigenvalue weighted by Crippen LogP contribution is 2.65. The van der Waals surface area contributed by atoms with Crippen molar-refractivity contribution in [2.75, 3.05) is 0 Å². The Kier molecular flexibility index (Phi) is 5.48. The molecule has 2 bridgehead atoms. The fraction of sp³-hybridized carbons (Fsp3) is 0.300. The van der Waals surface area contributed by atoms with E-state index in [4.69, 9.17) is 9.47 Å². The maximum atomic E-state index is 13.1. The number of ketones is 1. The molecule has 7 atom stereocenters. The quantitative estimate of drug-likeness (QED) is 0.491. The Morgan fingerprint density at radius 1 is 0.629 bits per heavy atom. The van der Waals surface area contributed by atoms with E-state index < -0.39 is 24.1 Å². The van der Waals surface area contributed by atoms with Gasteiger partial charge in [-0.3, -0.25) is 4.79 Å². The van der Waals surface area contributed by atoms with E-state index in [0.29, 0.717) is 17.5 Å². The van der Waals surface area contributed by atoms with Crippen molar-refractivity contribution in [3.8, 4) is 0 Å². The summed E-state index contributed by atoms with van der Waals surface area (Å²) in [5.41, 5.74) is 2.00. The lowest BCUT2D eigenvalue weighted by Crippen LogP contribution is -2.46. The molecule has 0 heterocycles. The summed E-state index contributed by atoms with van der Waals surface area (Å²) in [5, 5.41) is 0. The Bertz CT molecular complexity index is 1240. The summed E-state index contributed by atoms with van der Waals surface area (Å²) in [6.45, 7) is 0. The number of hydrogen-bond donors (Lipinski definition) is 0. The van der Waals surface area contributed by atoms with Gasteiger partial charge in [-0.1, -0.05) is 66.7 Å². The number of Topliss-reactive ketones (excluding diaryl/α,β-unsaturated/α-hetero) is 1. The minimum Gasteiger partial charge on any atom is -0.454 e. The summed E-state index contributed by atoms with van der Waals surface area (Å²) >= 11 is 0. The second-order valence-corrected chi connectivity index (χ2v) is 9.76. The van der Waals surface area contributed by atoms with Gasteiger partial charge in [0.05, 0.1) is 11.1 Å². The minimum absolute atomic E-state index is 0.0161. The van der Waals surface area contributed by atoms with E-state index in [-0.39, 0.29) is 35.4 Å². The number of carbonyl (C=O) groups excluding carboxylic acids is 3. The monoisotopic (exact) mass is 466 g/mol. The lowest BCUT2D eigenvalue weighted by molar-refractivity contribution is -0.127. The first-order valence-corrected chi connectivity index (χ1v) is 12.2. The summed E-state index contributed by atoms with van der Waals surface area (Å²) in [7, 11) is 0. The standard InChI is InChI=1S/C30H26O5/c31-22-17-16-21-24(22)26-23(18-10-4-1-5-11-18)25(21)27(34-29(32)19-12-6-2-7-13-19)28(26)35-30(33)20-14-8-3-9-15-20/h1-15,21,23-28H,16-17H2/t21?,23?,24?,25-,26?,27?,28?/m0/s1. The number of esters is 2. The van der Waals surface area contributed by atoms with E-state index in [1.165, 1.54) is 0 Å². The molecule has 0 N–H and O–H groups in total. The van der Waals surface area contributed by atoms with Crippen LogP contribution in [-0.2, 0) is 14.3 Å². The third-order valence-corrected chi connectivity index (χ3v) is 8.07. The van der Waals surface area contributed by atoms with Crippen LogP contribution in [0.2, 0.25) is 0 Å². The van der Waals surface area contributed by atoms with Crippen LogP contribution in [0.1, 0.15) is 45.0 Å². The lowest BCUT2D eigenvalue weighted by atomic mass is 9.78. The average molecular weight is 467 g/mol. The molecule has 176 valence electrons. The summed E-state index contributed by atoms with van der Waals surface area (Å²) in [5.74, 6) is -1.03. The van der Waals surface area contributed by atoms with Crippen LogP contribution in [0.25, 0.3) is 0 Å². The van der Waals surface area contributed by atoms with E-state index in [0.717, 1.165) is 12.0 Å². The van der Waals surface area contributed by atoms with Gasteiger partial charge < -0.3 is 9.47 Å². The van der Waals surface area contributed by atoms with E-state index in [2.05, 4.69) is 12.1 Å². The highest BCUT2D eigenvalue weighted by atomic mass is 16.6. The second-order valence-electron chi connectivity index (χ2n) is 9.76. The third-order valence-electron chi connectivity index (χ3n) is 8.07. The molecule has 3 aliphatic carbocycles. The van der Waals surface area contributed by atoms with Crippen molar-refractivity contribution < 1.29 is 23.9 Å². The van der Waals surface area contributed by atoms with Gasteiger partial charge in [-0.15, -0.1) is 0 Å². The van der Waals surface area contributed by atoms with Crippen molar-refractivity contribution in [2.45, 2.75) is 31.0 Å². The van der Waals surface area contributed by atoms with Crippen molar-refractivity contribution in [1.29, 1.82) is 0 Å². The van der Waals surface area contributed by atoms with Crippen LogP contribution in [0.3, 0.4) is 0 Å². The Balaban J connectivity index is 1.40. The van der Waals surface area contributed by atoms with Gasteiger partial charge in [0.25, 0.3) is 0 Å². The van der Waals surface area contributed by atoms with E-state index in [1.807, 2.05) is 30.3 Å². The normalized spacial score (nSPS) is 30.6. The van der Waals surface area contributed by atoms with Crippen LogP contribution in [0.4, 0.5) is 0 Å². The van der Waals surface area contributed by atoms with Crippen molar-refractivity contribution in [3.05, 3.63) is 108 Å². The molecule has 3 fully saturated rings. The third kappa shape index (κ3) is 3.66. The number of carbonyl (C=O) groups is 3. The molecule has 0 radical (unpaired) electrons. The van der Waals surface area contributed by atoms with Crippen LogP contribution in [0, 0.1) is 23.7 Å². The van der Waals surface area contributed by atoms with E-state index >= 15 is 0 Å². The first-order valence-electron chi connectivity index (χ1n) is 12.2. The zero-order valence-corrected chi connectivity index (χ0v) is 19.2. The molecule has 35 heavy (non-hydrogen) atoms. The Morgan fingerprint density at radius 3 is 1.66 bits per heavy atom. The van der Waals surface area contributed by atoms with Gasteiger partial charge in [0.2, 0.25) is 0 Å². The lowest BCUT2D eigenvalue weighted by Gasteiger charge is -2.36. The molecular weight excluding hydrogens is 440 g/mol. The summed E-state index contributed by atoms with van der Waals surface area (Å²) in [6.07, 6.45) is 0.0153. The molecule has 6 rings (SSSR count). The van der Waals surface area contributed by atoms with E-state index in [9.17, 15) is 14.4 Å². The molecule has 3 aromatic carbocycles. The van der Waals surface area contributed by atoms with Gasteiger partial charge in [-0.05, 0) is 48.1 Å². The molecule has 0 spiro atoms. The molecule has 3 aliphatic rings. The summed E-state index contributed by atoms with van der Waals surface area (Å²) < 4.78 is 12.3. The molecule has 3 aromatic rings. The van der Waals surface area contributed by atoms with Crippen LogP contribution in [0.15, 0.2) is 91.0 Å². The molecule has 6 unspecified atom stereocenters. The maximum Gasteiger partial charge on any atom is 0.338 e. The predicted molar refractivity (Wildman–Crippen MR) is 129 cm³/mol. The molecular formula is C30H26O5. The molecule has 3 saturated carbocycles. The highest BCUT2D eigenvalue weighted by Gasteiger charge is 2.69. The molecule has 5 nitrogen and oxygen atoms in total. The van der Waals surface area contributed by atoms with Gasteiger partial charge >= 0.3 is 11.9 Å². The van der Waals surface area contributed by atoms with Gasteiger partial charge in [0.15, 0.2) is 0 Å². The summed E-state index contributed by atoms with van der Waals surface area (Å²) in [4.78, 5) is 39.3. The molecule has 5 heteroatoms. The smallest absolute Gasteiger partial charge is 0.338 e. The van der Waals surface area contributed by atoms with Crippen LogP contribution in [0.5, 0.6) is 0 Å². The van der Waals surface area contributed by atoms with Crippen molar-refractivity contribution >= 4 is 17.7 Å². The van der Waals surface area contributed by atoms with Gasteiger partial charge in [0.1, 0.15) is 18.0 Å². The van der Waals surface area contributed by atoms with E-state index in [1.54, 1.807) is 48.5 Å². The molecule has 0 saturated heterocycles. The number of benzene rings is 3. The second kappa shape index (κ2) is 8.81. The fourth-order valence-corrected chi connectivity index (χ4v) is 6.81. The Labute approximate surface area is 204 Å². The van der Waals surface area contributed by atoms with Crippen molar-refractivity contribution in [1.82, 2.24) is 0 Å². The number of rotatable bonds is 5. The van der Waals surface area contributed by atoms with Gasteiger partial charge in [-0.25, -0.2) is 9.59 Å². The number of ether oxygens (including phenoxy) is 2. The topological polar surface area (TPSA) is 69.7 Å². The molecule has 0 amide bonds. The predicted octanol–water partition coefficient (Wildman–Crippen LogP) is 5.08. The zero-order valence-electron chi connectivity index (χ0n) is 19.2. The Hall–Kier alpha value is -3.73. The first-order chi connectivity index (χ1) is 17.1. The SMILES string of the molecule is O=C(OC1C2C3C(=O)CCC3[C@H](C1OC(=O)c1ccccc1)C2c1ccccc1)c1ccccc1. The first kappa shape index (κ1) is 21.8. The van der Waals surface area contributed by atoms with Crippen LogP contribution in [-0.4, -0.2) is 29.9 Å². The van der Waals surface area contributed by atoms with Crippen LogP contribution < -0.4 is 0 Å². The molecule has 0 aliphatic heterocycles.